The molecule has 0 saturated carbocycles. The molecule has 0 unspecified atom stereocenters. The van der Waals surface area contributed by atoms with Crippen LogP contribution in [0.4, 0.5) is 5.82 Å². The zero-order valence-corrected chi connectivity index (χ0v) is 21.5. The highest BCUT2D eigenvalue weighted by Gasteiger charge is 2.27. The lowest BCUT2D eigenvalue weighted by molar-refractivity contribution is 0.495. The third-order valence-corrected chi connectivity index (χ3v) is 8.44. The molecule has 2 aromatic heterocycles. The van der Waals surface area contributed by atoms with Gasteiger partial charge in [0.05, 0.1) is 10.6 Å². The van der Waals surface area contributed by atoms with Crippen molar-refractivity contribution in [3.63, 3.8) is 0 Å². The summed E-state index contributed by atoms with van der Waals surface area (Å²) in [5.41, 5.74) is 9.16. The third kappa shape index (κ3) is 4.58. The summed E-state index contributed by atoms with van der Waals surface area (Å²) < 4.78 is 23.2. The maximum Gasteiger partial charge on any atom is 0.238 e. The van der Waals surface area contributed by atoms with Gasteiger partial charge in [0.25, 0.3) is 0 Å². The Labute approximate surface area is 217 Å². The Morgan fingerprint density at radius 2 is 1.70 bits per heavy atom. The summed E-state index contributed by atoms with van der Waals surface area (Å²) in [7, 11) is -3.71. The summed E-state index contributed by atoms with van der Waals surface area (Å²) in [6, 6.07) is 19.5. The van der Waals surface area contributed by atoms with E-state index in [2.05, 4.69) is 63.2 Å². The minimum Gasteiger partial charge on any atom is -0.358 e. The number of hydrogen-bond donors (Lipinski definition) is 2. The van der Waals surface area contributed by atoms with Crippen LogP contribution in [0.2, 0.25) is 0 Å². The van der Waals surface area contributed by atoms with Crippen molar-refractivity contribution in [3.8, 4) is 11.3 Å². The predicted molar refractivity (Wildman–Crippen MR) is 147 cm³/mol. The first-order valence-electron chi connectivity index (χ1n) is 12.5. The monoisotopic (exact) mass is 511 g/mol. The van der Waals surface area contributed by atoms with E-state index >= 15 is 0 Å². The number of aryl methyl sites for hydroxylation is 1. The van der Waals surface area contributed by atoms with Crippen LogP contribution < -0.4 is 10.0 Å². The average Bonchev–Trinajstić information content (AvgIpc) is 3.53. The molecule has 2 aromatic carbocycles. The number of nitrogens with one attached hydrogen (secondary N) is 1. The van der Waals surface area contributed by atoms with Crippen LogP contribution in [-0.4, -0.2) is 36.5 Å². The van der Waals surface area contributed by atoms with Gasteiger partial charge in [-0.3, -0.25) is 0 Å². The van der Waals surface area contributed by atoms with Gasteiger partial charge in [0.1, 0.15) is 12.1 Å². The molecule has 8 heteroatoms. The number of nitrogens with two attached hydrogens (primary N) is 1. The van der Waals surface area contributed by atoms with Gasteiger partial charge in [0.2, 0.25) is 10.0 Å². The third-order valence-electron chi connectivity index (χ3n) is 7.51. The number of hydrogen-bond acceptors (Lipinski definition) is 5. The number of allylic oxidation sites excluding steroid dienone is 1. The van der Waals surface area contributed by atoms with E-state index in [-0.39, 0.29) is 4.90 Å². The van der Waals surface area contributed by atoms with Gasteiger partial charge in [0, 0.05) is 42.4 Å². The lowest BCUT2D eigenvalue weighted by Gasteiger charge is -2.33. The Hall–Kier alpha value is -3.75. The second-order valence-electron chi connectivity index (χ2n) is 9.88. The molecule has 37 heavy (non-hydrogen) atoms. The van der Waals surface area contributed by atoms with E-state index < -0.39 is 10.0 Å². The average molecular weight is 512 g/mol. The topological polar surface area (TPSA) is 105 Å². The van der Waals surface area contributed by atoms with E-state index in [1.165, 1.54) is 22.5 Å². The quantitative estimate of drug-likeness (QED) is 0.396. The number of aromatic nitrogens is 3. The van der Waals surface area contributed by atoms with Crippen molar-refractivity contribution in [2.45, 2.75) is 37.0 Å². The number of rotatable bonds is 5. The van der Waals surface area contributed by atoms with Crippen molar-refractivity contribution in [1.29, 1.82) is 0 Å². The molecule has 3 heterocycles. The fraction of sp³-hybridized carbons (Fsp3) is 0.241. The first-order valence-corrected chi connectivity index (χ1v) is 14.1. The number of aromatic amines is 1. The number of nitrogens with zero attached hydrogens (tertiary/aromatic N) is 3. The van der Waals surface area contributed by atoms with E-state index in [9.17, 15) is 8.42 Å². The molecule has 0 atom stereocenters. The van der Waals surface area contributed by atoms with E-state index in [0.29, 0.717) is 12.3 Å². The second kappa shape index (κ2) is 9.28. The normalized spacial score (nSPS) is 16.1. The molecule has 0 radical (unpaired) electrons. The molecule has 3 N–H and O–H groups in total. The number of anilines is 1. The molecule has 1 saturated heterocycles. The van der Waals surface area contributed by atoms with Gasteiger partial charge in [0.15, 0.2) is 0 Å². The molecule has 1 aliphatic carbocycles. The Balaban J connectivity index is 1.19. The van der Waals surface area contributed by atoms with Crippen molar-refractivity contribution in [1.82, 2.24) is 15.0 Å². The van der Waals surface area contributed by atoms with Crippen molar-refractivity contribution in [2.24, 2.45) is 5.14 Å². The summed E-state index contributed by atoms with van der Waals surface area (Å²) >= 11 is 0. The molecule has 6 rings (SSSR count). The first-order chi connectivity index (χ1) is 17.9. The number of benzene rings is 2. The zero-order valence-electron chi connectivity index (χ0n) is 20.7. The highest BCUT2D eigenvalue weighted by Crippen LogP contribution is 2.38. The van der Waals surface area contributed by atoms with Crippen molar-refractivity contribution in [3.05, 3.63) is 95.1 Å². The second-order valence-corrected chi connectivity index (χ2v) is 11.4. The lowest BCUT2D eigenvalue weighted by Crippen LogP contribution is -2.34. The smallest absolute Gasteiger partial charge is 0.238 e. The van der Waals surface area contributed by atoms with Crippen molar-refractivity contribution >= 4 is 27.5 Å². The fourth-order valence-corrected chi connectivity index (χ4v) is 6.04. The minimum atomic E-state index is -3.71. The van der Waals surface area contributed by atoms with Gasteiger partial charge in [-0.05, 0) is 66.3 Å². The molecular weight excluding hydrogens is 482 g/mol. The van der Waals surface area contributed by atoms with Gasteiger partial charge < -0.3 is 9.88 Å². The molecule has 2 aliphatic rings. The number of primary sulfonamides is 1. The Kier molecular flexibility index (Phi) is 5.93. The van der Waals surface area contributed by atoms with E-state index in [0.717, 1.165) is 54.1 Å². The van der Waals surface area contributed by atoms with Gasteiger partial charge >= 0.3 is 0 Å². The SMILES string of the molecule is Cc1cc(C2CCN(c3ncnc4c3C=C(c3ccc(S(N)(=O)=O)cc3)C4)CC2)[nH]c1-c1ccccc1. The molecule has 1 aliphatic heterocycles. The molecule has 0 bridgehead atoms. The van der Waals surface area contributed by atoms with Crippen LogP contribution in [0.1, 0.15) is 46.8 Å². The molecule has 1 fully saturated rings. The Morgan fingerprint density at radius 1 is 0.973 bits per heavy atom. The lowest BCUT2D eigenvalue weighted by atomic mass is 9.93. The van der Waals surface area contributed by atoms with Gasteiger partial charge in [-0.15, -0.1) is 0 Å². The summed E-state index contributed by atoms with van der Waals surface area (Å²) in [4.78, 5) is 15.4. The van der Waals surface area contributed by atoms with Gasteiger partial charge in [-0.25, -0.2) is 23.5 Å². The largest absolute Gasteiger partial charge is 0.358 e. The highest BCUT2D eigenvalue weighted by atomic mass is 32.2. The molecule has 0 spiro atoms. The van der Waals surface area contributed by atoms with Crippen LogP contribution in [-0.2, 0) is 16.4 Å². The summed E-state index contributed by atoms with van der Waals surface area (Å²) in [5, 5.41) is 5.25. The van der Waals surface area contributed by atoms with Crippen LogP contribution in [0.3, 0.4) is 0 Å². The Morgan fingerprint density at radius 3 is 2.41 bits per heavy atom. The molecule has 4 aromatic rings. The number of sulfonamides is 1. The molecular formula is C29H29N5O2S. The predicted octanol–water partition coefficient (Wildman–Crippen LogP) is 4.91. The molecule has 7 nitrogen and oxygen atoms in total. The maximum atomic E-state index is 11.6. The maximum absolute atomic E-state index is 11.6. The van der Waals surface area contributed by atoms with E-state index in [1.54, 1.807) is 30.6 Å². The van der Waals surface area contributed by atoms with Crippen LogP contribution in [0, 0.1) is 6.92 Å². The van der Waals surface area contributed by atoms with Crippen molar-refractivity contribution in [2.75, 3.05) is 18.0 Å². The number of fused-ring (bicyclic) bond motifs is 1. The van der Waals surface area contributed by atoms with E-state index in [4.69, 9.17) is 5.14 Å². The van der Waals surface area contributed by atoms with E-state index in [1.807, 2.05) is 6.07 Å². The number of H-pyrrole nitrogens is 1. The van der Waals surface area contributed by atoms with Gasteiger partial charge in [-0.1, -0.05) is 42.5 Å². The molecule has 188 valence electrons. The summed E-state index contributed by atoms with van der Waals surface area (Å²) in [6.07, 6.45) is 6.60. The molecule has 0 amide bonds. The zero-order chi connectivity index (χ0) is 25.6. The van der Waals surface area contributed by atoms with Crippen molar-refractivity contribution < 1.29 is 8.42 Å². The minimum absolute atomic E-state index is 0.115. The van der Waals surface area contributed by atoms with Crippen LogP contribution in [0.5, 0.6) is 0 Å². The highest BCUT2D eigenvalue weighted by molar-refractivity contribution is 7.89. The first kappa shape index (κ1) is 23.6. The van der Waals surface area contributed by atoms with Crippen LogP contribution in [0.15, 0.2) is 71.9 Å². The fourth-order valence-electron chi connectivity index (χ4n) is 5.52. The number of piperidine rings is 1. The summed E-state index contributed by atoms with van der Waals surface area (Å²) in [5.74, 6) is 1.47. The summed E-state index contributed by atoms with van der Waals surface area (Å²) in [6.45, 7) is 4.03. The van der Waals surface area contributed by atoms with Gasteiger partial charge in [-0.2, -0.15) is 0 Å². The van der Waals surface area contributed by atoms with Crippen LogP contribution >= 0.6 is 0 Å². The Bertz CT molecular complexity index is 1580. The standard InChI is InChI=1S/C29H29N5O2S/c1-19-15-26(33-28(19)22-5-3-2-4-6-22)21-11-13-34(14-12-21)29-25-16-23(17-27(25)31-18-32-29)20-7-9-24(10-8-20)37(30,35)36/h2-10,15-16,18,21,33H,11-14,17H2,1H3,(H2,30,35,36). The van der Waals surface area contributed by atoms with Crippen LogP contribution in [0.25, 0.3) is 22.9 Å².